The van der Waals surface area contributed by atoms with E-state index in [1.165, 1.54) is 0 Å². The molecule has 3 atom stereocenters. The molecule has 0 aliphatic carbocycles. The average molecular weight is 331 g/mol. The van der Waals surface area contributed by atoms with Crippen LogP contribution in [0.2, 0.25) is 0 Å². The van der Waals surface area contributed by atoms with E-state index in [0.717, 1.165) is 28.5 Å². The summed E-state index contributed by atoms with van der Waals surface area (Å²) in [5.74, 6) is 1.41. The molecule has 1 fully saturated rings. The summed E-state index contributed by atoms with van der Waals surface area (Å²) in [5, 5.41) is 7.51. The van der Waals surface area contributed by atoms with Crippen LogP contribution < -0.4 is 5.32 Å². The monoisotopic (exact) mass is 331 g/mol. The molecule has 0 unspecified atom stereocenters. The number of nitrogens with one attached hydrogen (secondary N) is 1. The minimum Gasteiger partial charge on any atom is -0.464 e. The molecule has 3 rings (SSSR count). The van der Waals surface area contributed by atoms with Gasteiger partial charge in [0.05, 0.1) is 23.8 Å². The van der Waals surface area contributed by atoms with Gasteiger partial charge in [0.2, 0.25) is 5.91 Å². The number of aromatic nitrogens is 2. The fraction of sp³-hybridized carbons (Fsp3) is 0.556. The topological polar surface area (TPSA) is 69.3 Å². The lowest BCUT2D eigenvalue weighted by Gasteiger charge is -2.21. The normalized spacial score (nSPS) is 21.9. The SMILES string of the molecule is Cc1ccc([C@@H](C)NC(=O)[C@H]2CCO[C@@H]2c2c(C)nn(C)c2C)o1. The zero-order valence-electron chi connectivity index (χ0n) is 14.9. The highest BCUT2D eigenvalue weighted by Crippen LogP contribution is 2.38. The van der Waals surface area contributed by atoms with Gasteiger partial charge in [-0.3, -0.25) is 9.48 Å². The van der Waals surface area contributed by atoms with E-state index in [1.807, 2.05) is 51.6 Å². The van der Waals surface area contributed by atoms with Gasteiger partial charge in [-0.25, -0.2) is 0 Å². The Balaban J connectivity index is 1.76. The lowest BCUT2D eigenvalue weighted by molar-refractivity contribution is -0.127. The molecule has 3 heterocycles. The molecule has 24 heavy (non-hydrogen) atoms. The second kappa shape index (κ2) is 6.43. The van der Waals surface area contributed by atoms with E-state index in [4.69, 9.17) is 9.15 Å². The van der Waals surface area contributed by atoms with Gasteiger partial charge in [-0.1, -0.05) is 0 Å². The van der Waals surface area contributed by atoms with Crippen molar-refractivity contribution < 1.29 is 13.9 Å². The van der Waals surface area contributed by atoms with Gasteiger partial charge in [0.1, 0.15) is 11.5 Å². The first kappa shape index (κ1) is 16.8. The van der Waals surface area contributed by atoms with Gasteiger partial charge >= 0.3 is 0 Å². The molecule has 1 amide bonds. The molecule has 1 saturated heterocycles. The number of furan rings is 1. The van der Waals surface area contributed by atoms with E-state index in [-0.39, 0.29) is 24.0 Å². The highest BCUT2D eigenvalue weighted by atomic mass is 16.5. The van der Waals surface area contributed by atoms with Crippen LogP contribution in [0.4, 0.5) is 0 Å². The van der Waals surface area contributed by atoms with Gasteiger partial charge in [0.15, 0.2) is 0 Å². The third kappa shape index (κ3) is 2.98. The molecule has 1 aliphatic rings. The standard InChI is InChI=1S/C18H25N3O3/c1-10-6-7-15(24-10)11(2)19-18(22)14-8-9-23-17(14)16-12(3)20-21(5)13(16)4/h6-7,11,14,17H,8-9H2,1-5H3,(H,19,22)/t11-,14+,17+/m1/s1. The fourth-order valence-electron chi connectivity index (χ4n) is 3.42. The Hall–Kier alpha value is -2.08. The molecule has 0 bridgehead atoms. The van der Waals surface area contributed by atoms with Crippen molar-refractivity contribution in [2.45, 2.75) is 46.3 Å². The van der Waals surface area contributed by atoms with E-state index in [0.29, 0.717) is 13.0 Å². The van der Waals surface area contributed by atoms with Gasteiger partial charge in [0.25, 0.3) is 0 Å². The number of carbonyl (C=O) groups is 1. The van der Waals surface area contributed by atoms with Crippen molar-refractivity contribution >= 4 is 5.91 Å². The minimum atomic E-state index is -0.232. The zero-order valence-corrected chi connectivity index (χ0v) is 14.9. The van der Waals surface area contributed by atoms with Gasteiger partial charge in [-0.15, -0.1) is 0 Å². The summed E-state index contributed by atoms with van der Waals surface area (Å²) in [6.45, 7) is 8.40. The van der Waals surface area contributed by atoms with Gasteiger partial charge in [-0.2, -0.15) is 5.10 Å². The lowest BCUT2D eigenvalue weighted by atomic mass is 9.93. The molecule has 0 aromatic carbocycles. The van der Waals surface area contributed by atoms with Crippen LogP contribution >= 0.6 is 0 Å². The first-order chi connectivity index (χ1) is 11.4. The van der Waals surface area contributed by atoms with Crippen LogP contribution in [-0.4, -0.2) is 22.3 Å². The van der Waals surface area contributed by atoms with E-state index < -0.39 is 0 Å². The quantitative estimate of drug-likeness (QED) is 0.935. The van der Waals surface area contributed by atoms with Crippen molar-refractivity contribution in [1.82, 2.24) is 15.1 Å². The molecular formula is C18H25N3O3. The molecule has 6 heteroatoms. The Bertz CT molecular complexity index is 747. The van der Waals surface area contributed by atoms with Crippen LogP contribution in [-0.2, 0) is 16.6 Å². The highest BCUT2D eigenvalue weighted by Gasteiger charge is 2.38. The van der Waals surface area contributed by atoms with E-state index in [2.05, 4.69) is 10.4 Å². The Morgan fingerprint density at radius 2 is 2.12 bits per heavy atom. The molecule has 1 aliphatic heterocycles. The number of hydrogen-bond acceptors (Lipinski definition) is 4. The van der Waals surface area contributed by atoms with Crippen LogP contribution in [0, 0.1) is 26.7 Å². The number of rotatable bonds is 4. The number of amides is 1. The van der Waals surface area contributed by atoms with Crippen molar-refractivity contribution in [3.8, 4) is 0 Å². The van der Waals surface area contributed by atoms with Crippen LogP contribution in [0.1, 0.15) is 54.0 Å². The predicted molar refractivity (Wildman–Crippen MR) is 89.5 cm³/mol. The maximum Gasteiger partial charge on any atom is 0.226 e. The van der Waals surface area contributed by atoms with Crippen LogP contribution in [0.5, 0.6) is 0 Å². The summed E-state index contributed by atoms with van der Waals surface area (Å²) in [4.78, 5) is 12.8. The van der Waals surface area contributed by atoms with Gasteiger partial charge in [-0.05, 0) is 46.2 Å². The minimum absolute atomic E-state index is 0.00158. The van der Waals surface area contributed by atoms with E-state index in [9.17, 15) is 4.79 Å². The molecule has 0 radical (unpaired) electrons. The largest absolute Gasteiger partial charge is 0.464 e. The fourth-order valence-corrected chi connectivity index (χ4v) is 3.42. The zero-order chi connectivity index (χ0) is 17.4. The molecular weight excluding hydrogens is 306 g/mol. The first-order valence-corrected chi connectivity index (χ1v) is 8.37. The summed E-state index contributed by atoms with van der Waals surface area (Å²) >= 11 is 0. The van der Waals surface area contributed by atoms with Crippen molar-refractivity contribution in [2.24, 2.45) is 13.0 Å². The van der Waals surface area contributed by atoms with E-state index >= 15 is 0 Å². The van der Waals surface area contributed by atoms with E-state index in [1.54, 1.807) is 0 Å². The predicted octanol–water partition coefficient (Wildman–Crippen LogP) is 2.89. The Morgan fingerprint density at radius 1 is 1.38 bits per heavy atom. The van der Waals surface area contributed by atoms with Crippen molar-refractivity contribution in [3.05, 3.63) is 40.6 Å². The van der Waals surface area contributed by atoms with Crippen LogP contribution in [0.3, 0.4) is 0 Å². The van der Waals surface area contributed by atoms with Crippen LogP contribution in [0.25, 0.3) is 0 Å². The second-order valence-corrected chi connectivity index (χ2v) is 6.57. The summed E-state index contributed by atoms with van der Waals surface area (Å²) in [7, 11) is 1.91. The summed E-state index contributed by atoms with van der Waals surface area (Å²) in [6, 6.07) is 3.64. The van der Waals surface area contributed by atoms with Crippen molar-refractivity contribution in [3.63, 3.8) is 0 Å². The lowest BCUT2D eigenvalue weighted by Crippen LogP contribution is -2.34. The molecule has 2 aromatic heterocycles. The molecule has 0 spiro atoms. The molecule has 0 saturated carbocycles. The van der Waals surface area contributed by atoms with Gasteiger partial charge < -0.3 is 14.5 Å². The highest BCUT2D eigenvalue weighted by molar-refractivity contribution is 5.80. The third-order valence-corrected chi connectivity index (χ3v) is 4.82. The third-order valence-electron chi connectivity index (χ3n) is 4.82. The van der Waals surface area contributed by atoms with Crippen LogP contribution in [0.15, 0.2) is 16.5 Å². The average Bonchev–Trinajstić information content (AvgIpc) is 3.20. The number of carbonyl (C=O) groups excluding carboxylic acids is 1. The number of ether oxygens (including phenoxy) is 1. The summed E-state index contributed by atoms with van der Waals surface area (Å²) in [6.07, 6.45) is 0.484. The first-order valence-electron chi connectivity index (χ1n) is 8.37. The maximum absolute atomic E-state index is 12.8. The Kier molecular flexibility index (Phi) is 4.49. The summed E-state index contributed by atoms with van der Waals surface area (Å²) in [5.41, 5.74) is 3.01. The maximum atomic E-state index is 12.8. The molecule has 6 nitrogen and oxygen atoms in total. The smallest absolute Gasteiger partial charge is 0.226 e. The Morgan fingerprint density at radius 3 is 2.71 bits per heavy atom. The molecule has 130 valence electrons. The second-order valence-electron chi connectivity index (χ2n) is 6.57. The van der Waals surface area contributed by atoms with Crippen molar-refractivity contribution in [2.75, 3.05) is 6.61 Å². The summed E-state index contributed by atoms with van der Waals surface area (Å²) < 4.78 is 13.3. The number of nitrogens with zero attached hydrogens (tertiary/aromatic N) is 2. The van der Waals surface area contributed by atoms with Gasteiger partial charge in [0, 0.05) is 24.9 Å². The number of aryl methyl sites for hydroxylation is 3. The Labute approximate surface area is 142 Å². The number of hydrogen-bond donors (Lipinski definition) is 1. The van der Waals surface area contributed by atoms with Crippen molar-refractivity contribution in [1.29, 1.82) is 0 Å². The molecule has 2 aromatic rings. The molecule has 1 N–H and O–H groups in total.